The number of fused-ring (bicyclic) bond motifs is 1. The highest BCUT2D eigenvalue weighted by molar-refractivity contribution is 7.19. The SMILES string of the molecule is CCn1nc(-c2nn3c(Cc4c(Cl)cccc4Cl)nnc3s2)cc1C. The van der Waals surface area contributed by atoms with Crippen molar-refractivity contribution >= 4 is 39.5 Å². The third kappa shape index (κ3) is 2.92. The molecule has 6 nitrogen and oxygen atoms in total. The van der Waals surface area contributed by atoms with Crippen LogP contribution in [0.15, 0.2) is 24.3 Å². The Morgan fingerprint density at radius 3 is 2.56 bits per heavy atom. The summed E-state index contributed by atoms with van der Waals surface area (Å²) in [5.41, 5.74) is 2.77. The van der Waals surface area contributed by atoms with E-state index >= 15 is 0 Å². The molecule has 0 atom stereocenters. The maximum atomic E-state index is 6.26. The summed E-state index contributed by atoms with van der Waals surface area (Å²) in [4.78, 5) is 0.719. The van der Waals surface area contributed by atoms with Crippen molar-refractivity contribution in [1.82, 2.24) is 29.6 Å². The molecule has 4 aromatic rings. The number of hydrogen-bond acceptors (Lipinski definition) is 5. The van der Waals surface area contributed by atoms with Gasteiger partial charge in [-0.2, -0.15) is 14.7 Å². The Kier molecular flexibility index (Phi) is 4.23. The number of hydrogen-bond donors (Lipinski definition) is 0. The Labute approximate surface area is 158 Å². The Balaban J connectivity index is 1.73. The summed E-state index contributed by atoms with van der Waals surface area (Å²) in [5.74, 6) is 0.694. The highest BCUT2D eigenvalue weighted by Crippen LogP contribution is 2.29. The normalized spacial score (nSPS) is 11.5. The average Bonchev–Trinajstić information content (AvgIpc) is 3.25. The molecular formula is C16H14Cl2N6S. The van der Waals surface area contributed by atoms with Crippen LogP contribution >= 0.6 is 34.5 Å². The number of rotatable bonds is 4. The fraction of sp³-hybridized carbons (Fsp3) is 0.250. The van der Waals surface area contributed by atoms with Crippen molar-refractivity contribution in [3.05, 3.63) is 51.4 Å². The molecule has 4 rings (SSSR count). The molecule has 0 spiro atoms. The van der Waals surface area contributed by atoms with E-state index in [0.717, 1.165) is 33.5 Å². The van der Waals surface area contributed by atoms with Gasteiger partial charge in [0.15, 0.2) is 10.8 Å². The Bertz CT molecular complexity index is 1040. The maximum Gasteiger partial charge on any atom is 0.235 e. The van der Waals surface area contributed by atoms with Gasteiger partial charge in [-0.3, -0.25) is 4.68 Å². The molecule has 0 saturated carbocycles. The summed E-state index contributed by atoms with van der Waals surface area (Å²) in [5, 5.41) is 19.7. The maximum absolute atomic E-state index is 6.26. The molecule has 3 aromatic heterocycles. The molecule has 0 fully saturated rings. The number of nitrogens with zero attached hydrogens (tertiary/aromatic N) is 6. The van der Waals surface area contributed by atoms with E-state index in [-0.39, 0.29) is 0 Å². The molecule has 128 valence electrons. The lowest BCUT2D eigenvalue weighted by Crippen LogP contribution is -2.00. The summed E-state index contributed by atoms with van der Waals surface area (Å²) < 4.78 is 3.68. The van der Waals surface area contributed by atoms with Crippen molar-refractivity contribution in [3.8, 4) is 10.7 Å². The van der Waals surface area contributed by atoms with E-state index in [4.69, 9.17) is 23.2 Å². The minimum atomic E-state index is 0.464. The quantitative estimate of drug-likeness (QED) is 0.519. The molecule has 0 aliphatic heterocycles. The van der Waals surface area contributed by atoms with Crippen LogP contribution in [0.4, 0.5) is 0 Å². The molecule has 0 saturated heterocycles. The van der Waals surface area contributed by atoms with E-state index in [0.29, 0.717) is 22.3 Å². The number of aryl methyl sites for hydroxylation is 2. The van der Waals surface area contributed by atoms with Crippen LogP contribution in [0.5, 0.6) is 0 Å². The van der Waals surface area contributed by atoms with Crippen LogP contribution in [0.1, 0.15) is 24.0 Å². The van der Waals surface area contributed by atoms with Crippen LogP contribution in [0.25, 0.3) is 15.7 Å². The highest BCUT2D eigenvalue weighted by atomic mass is 35.5. The minimum absolute atomic E-state index is 0.464. The minimum Gasteiger partial charge on any atom is -0.269 e. The zero-order valence-corrected chi connectivity index (χ0v) is 15.9. The van der Waals surface area contributed by atoms with Crippen molar-refractivity contribution in [2.75, 3.05) is 0 Å². The van der Waals surface area contributed by atoms with E-state index in [1.54, 1.807) is 4.52 Å². The van der Waals surface area contributed by atoms with Crippen molar-refractivity contribution in [2.45, 2.75) is 26.8 Å². The lowest BCUT2D eigenvalue weighted by atomic mass is 10.1. The van der Waals surface area contributed by atoms with Crippen molar-refractivity contribution < 1.29 is 0 Å². The van der Waals surface area contributed by atoms with Crippen LogP contribution < -0.4 is 0 Å². The predicted octanol–water partition coefficient (Wildman–Crippen LogP) is 4.28. The van der Waals surface area contributed by atoms with Gasteiger partial charge in [-0.1, -0.05) is 40.6 Å². The first-order valence-corrected chi connectivity index (χ1v) is 9.33. The third-order valence-corrected chi connectivity index (χ3v) is 5.58. The molecule has 25 heavy (non-hydrogen) atoms. The van der Waals surface area contributed by atoms with Gasteiger partial charge in [-0.05, 0) is 37.6 Å². The van der Waals surface area contributed by atoms with Gasteiger partial charge in [0.2, 0.25) is 4.96 Å². The summed E-state index contributed by atoms with van der Waals surface area (Å²) in [7, 11) is 0. The molecular weight excluding hydrogens is 379 g/mol. The number of halogens is 2. The van der Waals surface area contributed by atoms with Gasteiger partial charge in [-0.25, -0.2) is 0 Å². The van der Waals surface area contributed by atoms with E-state index in [1.165, 1.54) is 11.3 Å². The molecule has 0 N–H and O–H groups in total. The summed E-state index contributed by atoms with van der Waals surface area (Å²) in [6.45, 7) is 4.92. The van der Waals surface area contributed by atoms with Crippen LogP contribution in [-0.2, 0) is 13.0 Å². The van der Waals surface area contributed by atoms with Gasteiger partial charge in [-0.15, -0.1) is 10.2 Å². The molecule has 3 heterocycles. The second-order valence-electron chi connectivity index (χ2n) is 5.58. The van der Waals surface area contributed by atoms with Crippen LogP contribution in [-0.4, -0.2) is 29.6 Å². The summed E-state index contributed by atoms with van der Waals surface area (Å²) in [6.07, 6.45) is 0.464. The summed E-state index contributed by atoms with van der Waals surface area (Å²) >= 11 is 14.0. The topological polar surface area (TPSA) is 60.9 Å². The number of benzene rings is 1. The zero-order valence-electron chi connectivity index (χ0n) is 13.6. The molecule has 0 radical (unpaired) electrons. The first-order valence-electron chi connectivity index (χ1n) is 7.75. The Morgan fingerprint density at radius 1 is 1.12 bits per heavy atom. The van der Waals surface area contributed by atoms with Crippen LogP contribution in [0, 0.1) is 6.92 Å². The second-order valence-corrected chi connectivity index (χ2v) is 7.35. The van der Waals surface area contributed by atoms with E-state index in [1.807, 2.05) is 35.9 Å². The average molecular weight is 393 g/mol. The fourth-order valence-electron chi connectivity index (χ4n) is 2.67. The van der Waals surface area contributed by atoms with Gasteiger partial charge in [0.25, 0.3) is 0 Å². The highest BCUT2D eigenvalue weighted by Gasteiger charge is 2.17. The van der Waals surface area contributed by atoms with E-state index in [2.05, 4.69) is 27.3 Å². The standard InChI is InChI=1S/C16H14Cl2N6S/c1-3-23-9(2)7-13(21-23)15-22-24-14(19-20-16(24)25-15)8-10-11(17)5-4-6-12(10)18/h4-7H,3,8H2,1-2H3. The Morgan fingerprint density at radius 2 is 1.88 bits per heavy atom. The lowest BCUT2D eigenvalue weighted by Gasteiger charge is -2.04. The molecule has 0 unspecified atom stereocenters. The zero-order chi connectivity index (χ0) is 17.6. The van der Waals surface area contributed by atoms with Crippen LogP contribution in [0.2, 0.25) is 10.0 Å². The van der Waals surface area contributed by atoms with Crippen molar-refractivity contribution in [3.63, 3.8) is 0 Å². The van der Waals surface area contributed by atoms with Crippen molar-refractivity contribution in [1.29, 1.82) is 0 Å². The smallest absolute Gasteiger partial charge is 0.235 e. The Hall–Kier alpha value is -1.96. The van der Waals surface area contributed by atoms with Gasteiger partial charge in [0.1, 0.15) is 5.69 Å². The largest absolute Gasteiger partial charge is 0.269 e. The molecule has 1 aromatic carbocycles. The van der Waals surface area contributed by atoms with Gasteiger partial charge in [0, 0.05) is 28.7 Å². The van der Waals surface area contributed by atoms with Gasteiger partial charge >= 0.3 is 0 Å². The van der Waals surface area contributed by atoms with E-state index in [9.17, 15) is 0 Å². The van der Waals surface area contributed by atoms with Crippen molar-refractivity contribution in [2.24, 2.45) is 0 Å². The van der Waals surface area contributed by atoms with Gasteiger partial charge < -0.3 is 0 Å². The second kappa shape index (κ2) is 6.40. The fourth-order valence-corrected chi connectivity index (χ4v) is 4.01. The third-order valence-electron chi connectivity index (χ3n) is 3.95. The monoisotopic (exact) mass is 392 g/mol. The first-order chi connectivity index (χ1) is 12.1. The van der Waals surface area contributed by atoms with Gasteiger partial charge in [0.05, 0.1) is 0 Å². The molecule has 9 heteroatoms. The molecule has 0 aliphatic carbocycles. The summed E-state index contributed by atoms with van der Waals surface area (Å²) in [6, 6.07) is 7.47. The van der Waals surface area contributed by atoms with E-state index < -0.39 is 0 Å². The first kappa shape index (κ1) is 16.5. The van der Waals surface area contributed by atoms with Crippen LogP contribution in [0.3, 0.4) is 0 Å². The predicted molar refractivity (Wildman–Crippen MR) is 99.6 cm³/mol. The molecule has 0 aliphatic rings. The molecule has 0 amide bonds. The number of aromatic nitrogens is 6. The molecule has 0 bridgehead atoms. The lowest BCUT2D eigenvalue weighted by molar-refractivity contribution is 0.641.